The van der Waals surface area contributed by atoms with E-state index in [1.165, 1.54) is 5.69 Å². The molecule has 1 aromatic carbocycles. The molecule has 3 rings (SSSR count). The summed E-state index contributed by atoms with van der Waals surface area (Å²) in [5.41, 5.74) is 1.28. The molecule has 1 aromatic rings. The van der Waals surface area contributed by atoms with E-state index in [2.05, 4.69) is 46.3 Å². The van der Waals surface area contributed by atoms with Crippen molar-refractivity contribution in [3.8, 4) is 0 Å². The second-order valence-corrected chi connectivity index (χ2v) is 7.14. The fourth-order valence-corrected chi connectivity index (χ4v) is 3.67. The molecule has 0 bridgehead atoms. The SMILES string of the molecule is CC(CNC(=O)N1CCCC(O)C1)N1CCN(c2ccccc2)CC1. The number of aliphatic hydroxyl groups excluding tert-OH is 1. The molecule has 0 saturated carbocycles. The Morgan fingerprint density at radius 2 is 1.92 bits per heavy atom. The van der Waals surface area contributed by atoms with Gasteiger partial charge in [0.1, 0.15) is 0 Å². The molecule has 2 heterocycles. The number of nitrogens with one attached hydrogen (secondary N) is 1. The first-order chi connectivity index (χ1) is 12.1. The molecule has 2 saturated heterocycles. The fourth-order valence-electron chi connectivity index (χ4n) is 3.67. The summed E-state index contributed by atoms with van der Waals surface area (Å²) in [5, 5.41) is 12.7. The number of carbonyl (C=O) groups excluding carboxylic acids is 1. The van der Waals surface area contributed by atoms with E-state index in [1.54, 1.807) is 4.90 Å². The second kappa shape index (κ2) is 8.54. The number of likely N-dealkylation sites (tertiary alicyclic amines) is 1. The predicted molar refractivity (Wildman–Crippen MR) is 99.9 cm³/mol. The van der Waals surface area contributed by atoms with Crippen LogP contribution >= 0.6 is 0 Å². The van der Waals surface area contributed by atoms with Gasteiger partial charge in [0.15, 0.2) is 0 Å². The average molecular weight is 346 g/mol. The van der Waals surface area contributed by atoms with Crippen LogP contribution in [0.15, 0.2) is 30.3 Å². The molecule has 25 heavy (non-hydrogen) atoms. The molecule has 0 aliphatic carbocycles. The quantitative estimate of drug-likeness (QED) is 0.864. The highest BCUT2D eigenvalue weighted by molar-refractivity contribution is 5.74. The van der Waals surface area contributed by atoms with Gasteiger partial charge in [0.05, 0.1) is 6.10 Å². The third-order valence-electron chi connectivity index (χ3n) is 5.29. The Bertz CT molecular complexity index is 546. The van der Waals surface area contributed by atoms with Crippen molar-refractivity contribution in [3.05, 3.63) is 30.3 Å². The van der Waals surface area contributed by atoms with E-state index in [9.17, 15) is 9.90 Å². The van der Waals surface area contributed by atoms with Crippen molar-refractivity contribution in [2.75, 3.05) is 50.7 Å². The molecular formula is C19H30N4O2. The number of amides is 2. The third-order valence-corrected chi connectivity index (χ3v) is 5.29. The summed E-state index contributed by atoms with van der Waals surface area (Å²) in [5.74, 6) is 0. The van der Waals surface area contributed by atoms with Crippen LogP contribution in [0.3, 0.4) is 0 Å². The Morgan fingerprint density at radius 1 is 1.20 bits per heavy atom. The largest absolute Gasteiger partial charge is 0.391 e. The molecule has 0 aromatic heterocycles. The van der Waals surface area contributed by atoms with Crippen LogP contribution in [0.1, 0.15) is 19.8 Å². The van der Waals surface area contributed by atoms with Crippen molar-refractivity contribution >= 4 is 11.7 Å². The van der Waals surface area contributed by atoms with Crippen molar-refractivity contribution in [1.82, 2.24) is 15.1 Å². The highest BCUT2D eigenvalue weighted by Gasteiger charge is 2.24. The van der Waals surface area contributed by atoms with Gasteiger partial charge < -0.3 is 20.2 Å². The zero-order chi connectivity index (χ0) is 17.6. The summed E-state index contributed by atoms with van der Waals surface area (Å²) < 4.78 is 0. The standard InChI is InChI=1S/C19H30N4O2/c1-16(14-20-19(25)23-9-5-8-18(24)15-23)21-10-12-22(13-11-21)17-6-3-2-4-7-17/h2-4,6-7,16,18,24H,5,8-15H2,1H3,(H,20,25). The minimum absolute atomic E-state index is 0.0477. The smallest absolute Gasteiger partial charge is 0.317 e. The van der Waals surface area contributed by atoms with E-state index in [4.69, 9.17) is 0 Å². The molecule has 2 fully saturated rings. The Kier molecular flexibility index (Phi) is 6.15. The van der Waals surface area contributed by atoms with E-state index < -0.39 is 0 Å². The molecule has 6 nitrogen and oxygen atoms in total. The van der Waals surface area contributed by atoms with Crippen molar-refractivity contribution in [2.45, 2.75) is 31.9 Å². The molecule has 2 aliphatic heterocycles. The molecular weight excluding hydrogens is 316 g/mol. The Balaban J connectivity index is 1.40. The number of piperidine rings is 1. The van der Waals surface area contributed by atoms with Gasteiger partial charge in [-0.15, -0.1) is 0 Å². The van der Waals surface area contributed by atoms with Crippen LogP contribution in [-0.4, -0.2) is 78.9 Å². The van der Waals surface area contributed by atoms with Crippen molar-refractivity contribution in [1.29, 1.82) is 0 Å². The number of hydrogen-bond donors (Lipinski definition) is 2. The molecule has 6 heteroatoms. The van der Waals surface area contributed by atoms with Crippen molar-refractivity contribution < 1.29 is 9.90 Å². The highest BCUT2D eigenvalue weighted by atomic mass is 16.3. The Labute approximate surface area is 150 Å². The second-order valence-electron chi connectivity index (χ2n) is 7.14. The number of piperazine rings is 1. The van der Waals surface area contributed by atoms with Gasteiger partial charge in [0.2, 0.25) is 0 Å². The zero-order valence-corrected chi connectivity index (χ0v) is 15.1. The number of rotatable bonds is 4. The number of hydrogen-bond acceptors (Lipinski definition) is 4. The van der Waals surface area contributed by atoms with Crippen LogP contribution in [0.2, 0.25) is 0 Å². The number of carbonyl (C=O) groups is 1. The van der Waals surface area contributed by atoms with Crippen LogP contribution in [0.25, 0.3) is 0 Å². The predicted octanol–water partition coefficient (Wildman–Crippen LogP) is 1.36. The normalized spacial score (nSPS) is 23.4. The molecule has 2 aliphatic rings. The lowest BCUT2D eigenvalue weighted by atomic mass is 10.1. The topological polar surface area (TPSA) is 59.1 Å². The van der Waals surface area contributed by atoms with Gasteiger partial charge in [0.25, 0.3) is 0 Å². The van der Waals surface area contributed by atoms with Gasteiger partial charge in [-0.2, -0.15) is 0 Å². The average Bonchev–Trinajstić information content (AvgIpc) is 2.66. The lowest BCUT2D eigenvalue weighted by Crippen LogP contribution is -2.54. The van der Waals surface area contributed by atoms with E-state index in [-0.39, 0.29) is 12.1 Å². The zero-order valence-electron chi connectivity index (χ0n) is 15.1. The monoisotopic (exact) mass is 346 g/mol. The van der Waals surface area contributed by atoms with Gasteiger partial charge in [-0.3, -0.25) is 4.90 Å². The molecule has 2 unspecified atom stereocenters. The van der Waals surface area contributed by atoms with Crippen LogP contribution in [-0.2, 0) is 0 Å². The highest BCUT2D eigenvalue weighted by Crippen LogP contribution is 2.16. The molecule has 2 atom stereocenters. The van der Waals surface area contributed by atoms with Gasteiger partial charge in [-0.1, -0.05) is 18.2 Å². The Hall–Kier alpha value is -1.79. The fraction of sp³-hybridized carbons (Fsp3) is 0.632. The van der Waals surface area contributed by atoms with E-state index in [0.717, 1.165) is 45.6 Å². The molecule has 0 spiro atoms. The lowest BCUT2D eigenvalue weighted by Gasteiger charge is -2.39. The number of nitrogens with zero attached hydrogens (tertiary/aromatic N) is 3. The van der Waals surface area contributed by atoms with E-state index >= 15 is 0 Å². The summed E-state index contributed by atoms with van der Waals surface area (Å²) in [6.45, 7) is 8.06. The first kappa shape index (κ1) is 18.0. The maximum Gasteiger partial charge on any atom is 0.317 e. The van der Waals surface area contributed by atoms with Crippen molar-refractivity contribution in [3.63, 3.8) is 0 Å². The van der Waals surface area contributed by atoms with Gasteiger partial charge in [0, 0.05) is 57.5 Å². The maximum atomic E-state index is 12.2. The number of anilines is 1. The number of benzene rings is 1. The van der Waals surface area contributed by atoms with Crippen molar-refractivity contribution in [2.24, 2.45) is 0 Å². The third kappa shape index (κ3) is 4.86. The maximum absolute atomic E-state index is 12.2. The first-order valence-electron chi connectivity index (χ1n) is 9.38. The summed E-state index contributed by atoms with van der Waals surface area (Å²) in [4.78, 5) is 18.8. The lowest BCUT2D eigenvalue weighted by molar-refractivity contribution is 0.0833. The number of aliphatic hydroxyl groups is 1. The van der Waals surface area contributed by atoms with E-state index in [1.807, 2.05) is 6.07 Å². The minimum Gasteiger partial charge on any atom is -0.391 e. The molecule has 0 radical (unpaired) electrons. The van der Waals surface area contributed by atoms with Crippen LogP contribution < -0.4 is 10.2 Å². The number of β-amino-alcohol motifs (C(OH)–C–C–N with tert-alkyl or cyclic N) is 1. The van der Waals surface area contributed by atoms with Crippen LogP contribution in [0.5, 0.6) is 0 Å². The first-order valence-corrected chi connectivity index (χ1v) is 9.38. The van der Waals surface area contributed by atoms with Gasteiger partial charge >= 0.3 is 6.03 Å². The molecule has 2 amide bonds. The minimum atomic E-state index is -0.372. The van der Waals surface area contributed by atoms with Gasteiger partial charge in [-0.05, 0) is 31.9 Å². The summed E-state index contributed by atoms with van der Waals surface area (Å²) in [6.07, 6.45) is 1.31. The van der Waals surface area contributed by atoms with E-state index in [0.29, 0.717) is 19.1 Å². The number of para-hydroxylation sites is 1. The Morgan fingerprint density at radius 3 is 2.60 bits per heavy atom. The van der Waals surface area contributed by atoms with Crippen LogP contribution in [0.4, 0.5) is 10.5 Å². The summed E-state index contributed by atoms with van der Waals surface area (Å²) in [6, 6.07) is 10.8. The van der Waals surface area contributed by atoms with Gasteiger partial charge in [-0.25, -0.2) is 4.79 Å². The summed E-state index contributed by atoms with van der Waals surface area (Å²) in [7, 11) is 0. The van der Waals surface area contributed by atoms with Crippen LogP contribution in [0, 0.1) is 0 Å². The summed E-state index contributed by atoms with van der Waals surface area (Å²) >= 11 is 0. The number of urea groups is 1. The molecule has 138 valence electrons. The molecule has 2 N–H and O–H groups in total.